The molecule has 4 aromatic rings. The van der Waals surface area contributed by atoms with E-state index in [0.29, 0.717) is 16.9 Å². The number of aromatic nitrogens is 3. The standard InChI is InChI=1S/C28H21F3N6O2/c1-3-25(38)34-16-19-8-9-21(14-22(19)28(29,30)31)35-26(39)18-7-6-17(2)24(13-18)37-27-33-12-10-23(36-27)20-5-4-11-32-15-20/h3-5,8-15H,1,16H2,2H3,(H,34,38)(H,35,39)(H,33,36,37). The van der Waals surface area contributed by atoms with Gasteiger partial charge in [0.1, 0.15) is 0 Å². The van der Waals surface area contributed by atoms with Crippen LogP contribution < -0.4 is 16.0 Å². The van der Waals surface area contributed by atoms with Crippen molar-refractivity contribution in [3.05, 3.63) is 108 Å². The van der Waals surface area contributed by atoms with Gasteiger partial charge in [-0.3, -0.25) is 14.6 Å². The predicted octanol–water partition coefficient (Wildman–Crippen LogP) is 5.26. The summed E-state index contributed by atoms with van der Waals surface area (Å²) >= 11 is 0. The molecule has 0 aliphatic carbocycles. The molecule has 0 aliphatic heterocycles. The number of hydrogen-bond donors (Lipinski definition) is 3. The number of nitrogens with one attached hydrogen (secondary N) is 3. The number of amides is 2. The lowest BCUT2D eigenvalue weighted by Gasteiger charge is -2.15. The minimum Gasteiger partial charge on any atom is -0.348 e. The topological polar surface area (TPSA) is 109 Å². The summed E-state index contributed by atoms with van der Waals surface area (Å²) in [5.41, 5.74) is 1.31. The van der Waals surface area contributed by atoms with E-state index in [2.05, 4.69) is 49.6 Å². The number of rotatable bonds is 8. The maximum atomic E-state index is 13.7. The van der Waals surface area contributed by atoms with Crippen molar-refractivity contribution < 1.29 is 22.8 Å². The molecule has 11 heteroatoms. The van der Waals surface area contributed by atoms with Gasteiger partial charge in [0.25, 0.3) is 5.91 Å². The molecule has 0 spiro atoms. The summed E-state index contributed by atoms with van der Waals surface area (Å²) in [5, 5.41) is 7.81. The summed E-state index contributed by atoms with van der Waals surface area (Å²) in [4.78, 5) is 37.0. The molecule has 3 N–H and O–H groups in total. The van der Waals surface area contributed by atoms with Crippen LogP contribution in [-0.2, 0) is 17.5 Å². The minimum atomic E-state index is -4.71. The van der Waals surface area contributed by atoms with Gasteiger partial charge in [0, 0.05) is 41.9 Å². The zero-order chi connectivity index (χ0) is 28.0. The van der Waals surface area contributed by atoms with E-state index in [-0.39, 0.29) is 29.3 Å². The van der Waals surface area contributed by atoms with Gasteiger partial charge < -0.3 is 16.0 Å². The molecule has 8 nitrogen and oxygen atoms in total. The molecule has 39 heavy (non-hydrogen) atoms. The fourth-order valence-corrected chi connectivity index (χ4v) is 3.51. The number of halogens is 3. The van der Waals surface area contributed by atoms with E-state index in [1.165, 1.54) is 18.2 Å². The van der Waals surface area contributed by atoms with E-state index >= 15 is 0 Å². The van der Waals surface area contributed by atoms with Gasteiger partial charge in [-0.2, -0.15) is 13.2 Å². The molecule has 0 radical (unpaired) electrons. The maximum absolute atomic E-state index is 13.7. The van der Waals surface area contributed by atoms with Gasteiger partial charge in [-0.15, -0.1) is 0 Å². The molecule has 2 aromatic heterocycles. The smallest absolute Gasteiger partial charge is 0.348 e. The quantitative estimate of drug-likeness (QED) is 0.268. The largest absolute Gasteiger partial charge is 0.416 e. The van der Waals surface area contributed by atoms with Crippen molar-refractivity contribution in [3.63, 3.8) is 0 Å². The second-order valence-corrected chi connectivity index (χ2v) is 8.22. The van der Waals surface area contributed by atoms with Gasteiger partial charge in [0.05, 0.1) is 22.5 Å². The number of anilines is 3. The third-order valence-electron chi connectivity index (χ3n) is 5.49. The van der Waals surface area contributed by atoms with Gasteiger partial charge in [0.2, 0.25) is 11.9 Å². The van der Waals surface area contributed by atoms with Crippen molar-refractivity contribution in [3.8, 4) is 11.3 Å². The lowest BCUT2D eigenvalue weighted by Crippen LogP contribution is -2.22. The van der Waals surface area contributed by atoms with Crippen LogP contribution in [0.4, 0.5) is 30.5 Å². The first-order valence-electron chi connectivity index (χ1n) is 11.5. The van der Waals surface area contributed by atoms with Gasteiger partial charge in [-0.05, 0) is 55.0 Å². The minimum absolute atomic E-state index is 0.0300. The number of hydrogen-bond acceptors (Lipinski definition) is 6. The Kier molecular flexibility index (Phi) is 7.86. The Morgan fingerprint density at radius 2 is 1.92 bits per heavy atom. The lowest BCUT2D eigenvalue weighted by atomic mass is 10.1. The maximum Gasteiger partial charge on any atom is 0.416 e. The summed E-state index contributed by atoms with van der Waals surface area (Å²) in [6, 6.07) is 15.7. The van der Waals surface area contributed by atoms with Crippen molar-refractivity contribution in [2.45, 2.75) is 19.6 Å². The molecule has 196 valence electrons. The average Bonchev–Trinajstić information content (AvgIpc) is 2.93. The highest BCUT2D eigenvalue weighted by atomic mass is 19.4. The van der Waals surface area contributed by atoms with Crippen LogP contribution in [0.1, 0.15) is 27.0 Å². The molecular weight excluding hydrogens is 509 g/mol. The number of carbonyl (C=O) groups is 2. The summed E-state index contributed by atoms with van der Waals surface area (Å²) in [6.45, 7) is 4.66. The van der Waals surface area contributed by atoms with Crippen LogP contribution >= 0.6 is 0 Å². The average molecular weight is 531 g/mol. The first kappa shape index (κ1) is 26.8. The van der Waals surface area contributed by atoms with Crippen LogP contribution in [0, 0.1) is 19.1 Å². The van der Waals surface area contributed by atoms with E-state index < -0.39 is 23.6 Å². The molecule has 0 aliphatic rings. The fourth-order valence-electron chi connectivity index (χ4n) is 3.51. The molecular formula is C28H21F3N6O2. The third-order valence-corrected chi connectivity index (χ3v) is 5.49. The van der Waals surface area contributed by atoms with Crippen LogP contribution in [0.5, 0.6) is 0 Å². The highest BCUT2D eigenvalue weighted by Gasteiger charge is 2.33. The number of benzene rings is 1. The second-order valence-electron chi connectivity index (χ2n) is 8.22. The first-order chi connectivity index (χ1) is 18.6. The zero-order valence-corrected chi connectivity index (χ0v) is 20.6. The Hall–Kier alpha value is -5.24. The predicted molar refractivity (Wildman–Crippen MR) is 139 cm³/mol. The zero-order valence-electron chi connectivity index (χ0n) is 20.6. The van der Waals surface area contributed by atoms with Crippen LogP contribution in [0.15, 0.2) is 73.7 Å². The summed E-state index contributed by atoms with van der Waals surface area (Å²) in [5.74, 6) is -1.04. The molecule has 0 saturated carbocycles. The number of pyridine rings is 1. The van der Waals surface area contributed by atoms with Crippen molar-refractivity contribution in [1.82, 2.24) is 20.3 Å². The first-order valence-corrected chi connectivity index (χ1v) is 11.5. The molecule has 0 bridgehead atoms. The molecule has 0 fully saturated rings. The Balaban J connectivity index is 1.53. The summed E-state index contributed by atoms with van der Waals surface area (Å²) < 4.78 is 41.0. The second kappa shape index (κ2) is 11.4. The van der Waals surface area contributed by atoms with Crippen molar-refractivity contribution in [2.24, 2.45) is 0 Å². The Morgan fingerprint density at radius 1 is 1.10 bits per heavy atom. The molecule has 0 atom stereocenters. The van der Waals surface area contributed by atoms with Crippen LogP contribution in [0.2, 0.25) is 0 Å². The van der Waals surface area contributed by atoms with E-state index in [1.807, 2.05) is 6.07 Å². The molecule has 2 aromatic carbocycles. The van der Waals surface area contributed by atoms with Gasteiger partial charge in [0.15, 0.2) is 0 Å². The van der Waals surface area contributed by atoms with Gasteiger partial charge in [-0.25, -0.2) is 9.97 Å². The molecule has 2 amide bonds. The number of alkyl halides is 3. The number of carbonyl (C=O) groups excluding carboxylic acids is 2. The summed E-state index contributed by atoms with van der Waals surface area (Å²) in [6.07, 6.45) is 1.14. The van der Waals surface area contributed by atoms with Crippen LogP contribution in [-0.4, -0.2) is 26.8 Å². The molecule has 0 saturated heterocycles. The molecule has 0 unspecified atom stereocenters. The Bertz CT molecular complexity index is 1520. The highest BCUT2D eigenvalue weighted by Crippen LogP contribution is 2.34. The van der Waals surface area contributed by atoms with Crippen molar-refractivity contribution in [2.75, 3.05) is 10.6 Å². The van der Waals surface area contributed by atoms with Crippen LogP contribution in [0.3, 0.4) is 0 Å². The van der Waals surface area contributed by atoms with E-state index in [4.69, 9.17) is 0 Å². The van der Waals surface area contributed by atoms with Crippen molar-refractivity contribution in [1.29, 1.82) is 0 Å². The van der Waals surface area contributed by atoms with E-state index in [1.54, 1.807) is 37.6 Å². The normalized spacial score (nSPS) is 10.8. The summed E-state index contributed by atoms with van der Waals surface area (Å²) in [7, 11) is 0. The highest BCUT2D eigenvalue weighted by molar-refractivity contribution is 6.04. The Morgan fingerprint density at radius 3 is 2.64 bits per heavy atom. The van der Waals surface area contributed by atoms with Gasteiger partial charge in [-0.1, -0.05) is 24.8 Å². The third kappa shape index (κ3) is 6.75. The van der Waals surface area contributed by atoms with Crippen LogP contribution in [0.25, 0.3) is 11.3 Å². The van der Waals surface area contributed by atoms with E-state index in [9.17, 15) is 22.8 Å². The van der Waals surface area contributed by atoms with Crippen molar-refractivity contribution >= 4 is 29.1 Å². The lowest BCUT2D eigenvalue weighted by molar-refractivity contribution is -0.138. The number of nitrogens with zero attached hydrogens (tertiary/aromatic N) is 3. The SMILES string of the molecule is C=CC(=O)NCc1ccc(NC(=O)c2c#cc(C)c(Nc3nccc(-c4cccnc4)n3)c2)cc1C(F)(F)F. The van der Waals surface area contributed by atoms with Gasteiger partial charge >= 0.3 is 6.18 Å². The van der Waals surface area contributed by atoms with E-state index in [0.717, 1.165) is 17.7 Å². The Labute approximate surface area is 222 Å². The molecule has 2 heterocycles. The fraction of sp³-hybridized carbons (Fsp3) is 0.107. The monoisotopic (exact) mass is 530 g/mol. The molecule has 4 rings (SSSR count).